The summed E-state index contributed by atoms with van der Waals surface area (Å²) in [6, 6.07) is 6.57. The van der Waals surface area contributed by atoms with Gasteiger partial charge in [-0.3, -0.25) is 0 Å². The van der Waals surface area contributed by atoms with Crippen LogP contribution in [0.15, 0.2) is 30.5 Å². The van der Waals surface area contributed by atoms with Crippen LogP contribution >= 0.6 is 0 Å². The highest BCUT2D eigenvalue weighted by atomic mass is 19.1. The molecule has 1 fully saturated rings. The van der Waals surface area contributed by atoms with E-state index in [1.54, 1.807) is 24.4 Å². The number of para-hydroxylation sites is 1. The topological polar surface area (TPSA) is 47.5 Å². The quantitative estimate of drug-likeness (QED) is 0.738. The van der Waals surface area contributed by atoms with Crippen LogP contribution in [0.2, 0.25) is 0 Å². The number of anilines is 1. The molecule has 0 bridgehead atoms. The van der Waals surface area contributed by atoms with Crippen molar-refractivity contribution in [3.05, 3.63) is 42.0 Å². The predicted octanol–water partition coefficient (Wildman–Crippen LogP) is 4.79. The van der Waals surface area contributed by atoms with E-state index in [-0.39, 0.29) is 11.4 Å². The molecule has 0 amide bonds. The van der Waals surface area contributed by atoms with E-state index >= 15 is 0 Å². The van der Waals surface area contributed by atoms with Gasteiger partial charge in [-0.15, -0.1) is 0 Å². The van der Waals surface area contributed by atoms with Crippen LogP contribution in [0.5, 0.6) is 11.6 Å². The van der Waals surface area contributed by atoms with Crippen molar-refractivity contribution in [2.45, 2.75) is 52.6 Å². The lowest BCUT2D eigenvalue weighted by Crippen LogP contribution is -2.30. The van der Waals surface area contributed by atoms with Crippen molar-refractivity contribution in [2.24, 2.45) is 5.92 Å². The average Bonchev–Trinajstić information content (AvgIpc) is 2.87. The normalized spacial score (nSPS) is 17.9. The zero-order chi connectivity index (χ0) is 20.1. The Labute approximate surface area is 166 Å². The van der Waals surface area contributed by atoms with Crippen molar-refractivity contribution < 1.29 is 13.9 Å². The van der Waals surface area contributed by atoms with E-state index in [0.29, 0.717) is 24.2 Å². The van der Waals surface area contributed by atoms with Crippen molar-refractivity contribution in [3.63, 3.8) is 0 Å². The maximum atomic E-state index is 13.8. The lowest BCUT2D eigenvalue weighted by Gasteiger charge is -2.27. The lowest BCUT2D eigenvalue weighted by molar-refractivity contribution is 0.124. The number of nitrogens with zero attached hydrogens (tertiary/aromatic N) is 3. The first kappa shape index (κ1) is 20.4. The molecule has 1 aliphatic rings. The van der Waals surface area contributed by atoms with Crippen LogP contribution < -0.4 is 14.4 Å². The predicted molar refractivity (Wildman–Crippen MR) is 109 cm³/mol. The summed E-state index contributed by atoms with van der Waals surface area (Å²) >= 11 is 0. The van der Waals surface area contributed by atoms with Gasteiger partial charge in [-0.2, -0.15) is 0 Å². The van der Waals surface area contributed by atoms with Gasteiger partial charge in [0.15, 0.2) is 17.4 Å². The third-order valence-corrected chi connectivity index (χ3v) is 4.70. The van der Waals surface area contributed by atoms with E-state index < -0.39 is 0 Å². The summed E-state index contributed by atoms with van der Waals surface area (Å²) < 4.78 is 25.5. The molecule has 0 aliphatic carbocycles. The van der Waals surface area contributed by atoms with E-state index in [1.165, 1.54) is 6.07 Å². The molecule has 6 heteroatoms. The van der Waals surface area contributed by atoms with Crippen LogP contribution in [0.4, 0.5) is 10.2 Å². The summed E-state index contributed by atoms with van der Waals surface area (Å²) in [6.07, 6.45) is 4.77. The number of benzene rings is 1. The third-order valence-electron chi connectivity index (χ3n) is 4.70. The minimum atomic E-state index is -0.333. The minimum Gasteiger partial charge on any atom is -0.490 e. The number of aryl methyl sites for hydroxylation is 1. The summed E-state index contributed by atoms with van der Waals surface area (Å²) in [5.74, 6) is 1.80. The molecule has 0 N–H and O–H groups in total. The SMILES string of the molecule is Cc1cnc(OC(C)(C)C)c(N2CCCC(COc3ccccc3F)CC2)n1. The lowest BCUT2D eigenvalue weighted by atomic mass is 10.0. The van der Waals surface area contributed by atoms with Crippen LogP contribution in [0.3, 0.4) is 0 Å². The fourth-order valence-corrected chi connectivity index (χ4v) is 3.33. The number of halogens is 1. The number of ether oxygens (including phenoxy) is 2. The molecule has 3 rings (SSSR count). The molecule has 28 heavy (non-hydrogen) atoms. The van der Waals surface area contributed by atoms with Crippen LogP contribution in [0, 0.1) is 18.7 Å². The highest BCUT2D eigenvalue weighted by Gasteiger charge is 2.24. The second kappa shape index (κ2) is 8.76. The van der Waals surface area contributed by atoms with Crippen molar-refractivity contribution in [1.82, 2.24) is 9.97 Å². The van der Waals surface area contributed by atoms with Crippen LogP contribution in [0.25, 0.3) is 0 Å². The van der Waals surface area contributed by atoms with Crippen LogP contribution in [0.1, 0.15) is 45.7 Å². The zero-order valence-corrected chi connectivity index (χ0v) is 17.2. The Morgan fingerprint density at radius 3 is 2.71 bits per heavy atom. The number of hydrogen-bond donors (Lipinski definition) is 0. The smallest absolute Gasteiger partial charge is 0.258 e. The first-order valence-electron chi connectivity index (χ1n) is 9.97. The van der Waals surface area contributed by atoms with Gasteiger partial charge in [0, 0.05) is 13.1 Å². The van der Waals surface area contributed by atoms with Crippen LogP contribution in [-0.4, -0.2) is 35.3 Å². The van der Waals surface area contributed by atoms with Crippen molar-refractivity contribution >= 4 is 5.82 Å². The molecule has 1 unspecified atom stereocenters. The van der Waals surface area contributed by atoms with Crippen LogP contribution in [-0.2, 0) is 0 Å². The third kappa shape index (κ3) is 5.57. The van der Waals surface area contributed by atoms with E-state index in [9.17, 15) is 4.39 Å². The largest absolute Gasteiger partial charge is 0.490 e. The highest BCUT2D eigenvalue weighted by molar-refractivity contribution is 5.49. The first-order valence-corrected chi connectivity index (χ1v) is 9.97. The molecule has 1 aromatic carbocycles. The average molecular weight is 387 g/mol. The molecule has 1 atom stereocenters. The molecule has 1 aliphatic heterocycles. The minimum absolute atomic E-state index is 0.309. The second-order valence-corrected chi connectivity index (χ2v) is 8.38. The van der Waals surface area contributed by atoms with Gasteiger partial charge in [0.25, 0.3) is 5.88 Å². The Morgan fingerprint density at radius 1 is 1.18 bits per heavy atom. The molecule has 1 aromatic heterocycles. The number of hydrogen-bond acceptors (Lipinski definition) is 5. The van der Waals surface area contributed by atoms with Gasteiger partial charge in [0.05, 0.1) is 18.5 Å². The molecule has 0 radical (unpaired) electrons. The highest BCUT2D eigenvalue weighted by Crippen LogP contribution is 2.30. The number of rotatable bonds is 5. The summed E-state index contributed by atoms with van der Waals surface area (Å²) in [6.45, 7) is 10.3. The summed E-state index contributed by atoms with van der Waals surface area (Å²) in [5, 5.41) is 0. The van der Waals surface area contributed by atoms with Crippen molar-refractivity contribution in [1.29, 1.82) is 0 Å². The Bertz CT molecular complexity index is 792. The molecule has 1 saturated heterocycles. The molecular formula is C22H30FN3O2. The molecule has 2 aromatic rings. The molecule has 2 heterocycles. The van der Waals surface area contributed by atoms with Gasteiger partial charge in [0.2, 0.25) is 0 Å². The Kier molecular flexibility index (Phi) is 6.37. The summed E-state index contributed by atoms with van der Waals surface area (Å²) in [5.41, 5.74) is 0.542. The zero-order valence-electron chi connectivity index (χ0n) is 17.2. The molecule has 0 spiro atoms. The van der Waals surface area contributed by atoms with Gasteiger partial charge < -0.3 is 14.4 Å². The fourth-order valence-electron chi connectivity index (χ4n) is 3.33. The summed E-state index contributed by atoms with van der Waals surface area (Å²) in [4.78, 5) is 11.4. The van der Waals surface area contributed by atoms with Gasteiger partial charge in [-0.1, -0.05) is 12.1 Å². The standard InChI is InChI=1S/C22H30FN3O2/c1-16-14-24-21(28-22(2,3)4)20(25-16)26-12-7-8-17(11-13-26)15-27-19-10-6-5-9-18(19)23/h5-6,9-10,14,17H,7-8,11-13,15H2,1-4H3. The monoisotopic (exact) mass is 387 g/mol. The maximum Gasteiger partial charge on any atom is 0.258 e. The molecule has 5 nitrogen and oxygen atoms in total. The Morgan fingerprint density at radius 2 is 1.96 bits per heavy atom. The van der Waals surface area contributed by atoms with Gasteiger partial charge in [-0.05, 0) is 65.0 Å². The van der Waals surface area contributed by atoms with E-state index in [0.717, 1.165) is 43.9 Å². The summed E-state index contributed by atoms with van der Waals surface area (Å²) in [7, 11) is 0. The molecule has 152 valence electrons. The molecular weight excluding hydrogens is 357 g/mol. The van der Waals surface area contributed by atoms with E-state index in [2.05, 4.69) is 9.88 Å². The van der Waals surface area contributed by atoms with E-state index in [4.69, 9.17) is 14.5 Å². The van der Waals surface area contributed by atoms with E-state index in [1.807, 2.05) is 27.7 Å². The number of aromatic nitrogens is 2. The van der Waals surface area contributed by atoms with Crippen molar-refractivity contribution in [3.8, 4) is 11.6 Å². The van der Waals surface area contributed by atoms with Crippen molar-refractivity contribution in [2.75, 3.05) is 24.6 Å². The van der Waals surface area contributed by atoms with Gasteiger partial charge in [0.1, 0.15) is 5.60 Å². The Balaban J connectivity index is 1.65. The van der Waals surface area contributed by atoms with Gasteiger partial charge in [-0.25, -0.2) is 14.4 Å². The first-order chi connectivity index (χ1) is 13.3. The maximum absolute atomic E-state index is 13.8. The second-order valence-electron chi connectivity index (χ2n) is 8.38. The fraction of sp³-hybridized carbons (Fsp3) is 0.545. The van der Waals surface area contributed by atoms with Gasteiger partial charge >= 0.3 is 0 Å². The Hall–Kier alpha value is -2.37. The molecule has 0 saturated carbocycles.